The second kappa shape index (κ2) is 4.00. The molecule has 1 saturated heterocycles. The quantitative estimate of drug-likeness (QED) is 0.834. The van der Waals surface area contributed by atoms with Crippen molar-refractivity contribution in [2.24, 2.45) is 0 Å². The van der Waals surface area contributed by atoms with Crippen LogP contribution in [-0.4, -0.2) is 27.9 Å². The lowest BCUT2D eigenvalue weighted by atomic mass is 10.2. The molecule has 0 radical (unpaired) electrons. The topological polar surface area (TPSA) is 70.8 Å². The molecule has 0 unspecified atom stereocenters. The summed E-state index contributed by atoms with van der Waals surface area (Å²) < 4.78 is 5.34. The van der Waals surface area contributed by atoms with Crippen LogP contribution in [0, 0.1) is 6.92 Å². The number of hydrogen-bond acceptors (Lipinski definition) is 3. The van der Waals surface area contributed by atoms with Gasteiger partial charge in [0, 0.05) is 6.42 Å². The summed E-state index contributed by atoms with van der Waals surface area (Å²) in [5.41, 5.74) is 0. The first-order valence-corrected chi connectivity index (χ1v) is 5.15. The fourth-order valence-corrected chi connectivity index (χ4v) is 1.93. The number of furan rings is 1. The van der Waals surface area contributed by atoms with Gasteiger partial charge in [-0.15, -0.1) is 0 Å². The van der Waals surface area contributed by atoms with Gasteiger partial charge in [-0.3, -0.25) is 4.79 Å². The number of hydrogen-bond donors (Lipinski definition) is 1. The molecule has 5 heteroatoms. The molecule has 0 saturated carbocycles. The number of aryl methyl sites for hydroxylation is 1. The maximum atomic E-state index is 11.5. The Kier molecular flexibility index (Phi) is 2.68. The number of carboxylic acid groups (broad SMARTS) is 1. The van der Waals surface area contributed by atoms with Gasteiger partial charge in [0.25, 0.3) is 0 Å². The largest absolute Gasteiger partial charge is 0.480 e. The lowest BCUT2D eigenvalue weighted by molar-refractivity contribution is -0.146. The minimum Gasteiger partial charge on any atom is -0.480 e. The summed E-state index contributed by atoms with van der Waals surface area (Å²) in [5, 5.41) is 8.96. The zero-order chi connectivity index (χ0) is 11.7. The number of carbonyl (C=O) groups is 2. The molecule has 1 aromatic rings. The minimum atomic E-state index is -0.950. The Morgan fingerprint density at radius 2 is 2.38 bits per heavy atom. The number of carboxylic acids is 1. The zero-order valence-corrected chi connectivity index (χ0v) is 8.97. The van der Waals surface area contributed by atoms with E-state index in [4.69, 9.17) is 9.52 Å². The maximum Gasteiger partial charge on any atom is 0.326 e. The molecule has 1 aliphatic rings. The van der Waals surface area contributed by atoms with E-state index in [9.17, 15) is 9.59 Å². The predicted molar refractivity (Wildman–Crippen MR) is 54.7 cm³/mol. The van der Waals surface area contributed by atoms with E-state index in [1.54, 1.807) is 12.1 Å². The number of rotatable bonds is 3. The van der Waals surface area contributed by atoms with Crippen LogP contribution in [0.5, 0.6) is 0 Å². The molecule has 1 aromatic heterocycles. The van der Waals surface area contributed by atoms with Crippen molar-refractivity contribution in [2.45, 2.75) is 32.4 Å². The highest BCUT2D eigenvalue weighted by Gasteiger charge is 2.36. The van der Waals surface area contributed by atoms with E-state index in [1.807, 2.05) is 6.92 Å². The van der Waals surface area contributed by atoms with Crippen molar-refractivity contribution >= 4 is 11.9 Å². The van der Waals surface area contributed by atoms with Gasteiger partial charge in [0.15, 0.2) is 0 Å². The summed E-state index contributed by atoms with van der Waals surface area (Å²) >= 11 is 0. The Hall–Kier alpha value is -1.78. The van der Waals surface area contributed by atoms with E-state index in [1.165, 1.54) is 4.90 Å². The molecule has 1 fully saturated rings. The van der Waals surface area contributed by atoms with Gasteiger partial charge in [-0.2, -0.15) is 0 Å². The average molecular weight is 223 g/mol. The molecule has 1 N–H and O–H groups in total. The summed E-state index contributed by atoms with van der Waals surface area (Å²) in [6, 6.07) is 2.85. The highest BCUT2D eigenvalue weighted by atomic mass is 16.4. The van der Waals surface area contributed by atoms with Crippen LogP contribution in [-0.2, 0) is 16.1 Å². The monoisotopic (exact) mass is 223 g/mol. The summed E-state index contributed by atoms with van der Waals surface area (Å²) in [6.07, 6.45) is 0.685. The standard InChI is InChI=1S/C11H13NO4/c1-7-2-3-8(16-7)6-12-9(11(14)15)4-5-10(12)13/h2-3,9H,4-6H2,1H3,(H,14,15)/t9-/m1/s1. The number of carbonyl (C=O) groups excluding carboxylic acids is 1. The van der Waals surface area contributed by atoms with Crippen LogP contribution in [0.4, 0.5) is 0 Å². The van der Waals surface area contributed by atoms with Crippen molar-refractivity contribution < 1.29 is 19.1 Å². The number of amides is 1. The lowest BCUT2D eigenvalue weighted by Gasteiger charge is -2.20. The minimum absolute atomic E-state index is 0.124. The van der Waals surface area contributed by atoms with Gasteiger partial charge in [0.05, 0.1) is 6.54 Å². The van der Waals surface area contributed by atoms with Crippen LogP contribution in [0.3, 0.4) is 0 Å². The SMILES string of the molecule is Cc1ccc(CN2C(=O)CC[C@@H]2C(=O)O)o1. The van der Waals surface area contributed by atoms with E-state index < -0.39 is 12.0 Å². The van der Waals surface area contributed by atoms with Gasteiger partial charge >= 0.3 is 5.97 Å². The van der Waals surface area contributed by atoms with E-state index >= 15 is 0 Å². The fourth-order valence-electron chi connectivity index (χ4n) is 1.93. The summed E-state index contributed by atoms with van der Waals surface area (Å²) in [4.78, 5) is 23.8. The Morgan fingerprint density at radius 3 is 2.94 bits per heavy atom. The molecule has 2 heterocycles. The normalized spacial score (nSPS) is 20.4. The molecule has 86 valence electrons. The van der Waals surface area contributed by atoms with Crippen LogP contribution in [0.25, 0.3) is 0 Å². The second-order valence-electron chi connectivity index (χ2n) is 3.93. The van der Waals surface area contributed by atoms with Crippen molar-refractivity contribution in [3.63, 3.8) is 0 Å². The maximum absolute atomic E-state index is 11.5. The Morgan fingerprint density at radius 1 is 1.62 bits per heavy atom. The average Bonchev–Trinajstić information content (AvgIpc) is 2.76. The fraction of sp³-hybridized carbons (Fsp3) is 0.455. The van der Waals surface area contributed by atoms with Gasteiger partial charge in [0.1, 0.15) is 17.6 Å². The number of nitrogens with zero attached hydrogens (tertiary/aromatic N) is 1. The van der Waals surface area contributed by atoms with Crippen molar-refractivity contribution in [2.75, 3.05) is 0 Å². The molecule has 0 aliphatic carbocycles. The van der Waals surface area contributed by atoms with Gasteiger partial charge in [-0.05, 0) is 25.5 Å². The molecular weight excluding hydrogens is 210 g/mol. The smallest absolute Gasteiger partial charge is 0.326 e. The molecule has 1 aliphatic heterocycles. The zero-order valence-electron chi connectivity index (χ0n) is 8.97. The first-order chi connectivity index (χ1) is 7.58. The van der Waals surface area contributed by atoms with E-state index in [2.05, 4.69) is 0 Å². The third-order valence-electron chi connectivity index (χ3n) is 2.74. The van der Waals surface area contributed by atoms with Crippen LogP contribution in [0.15, 0.2) is 16.5 Å². The molecule has 0 aromatic carbocycles. The van der Waals surface area contributed by atoms with Crippen molar-refractivity contribution in [1.29, 1.82) is 0 Å². The van der Waals surface area contributed by atoms with Crippen LogP contribution in [0.2, 0.25) is 0 Å². The van der Waals surface area contributed by atoms with Gasteiger partial charge in [-0.25, -0.2) is 4.79 Å². The molecule has 16 heavy (non-hydrogen) atoms. The molecule has 0 spiro atoms. The highest BCUT2D eigenvalue weighted by molar-refractivity contribution is 5.87. The summed E-state index contributed by atoms with van der Waals surface area (Å²) in [7, 11) is 0. The van der Waals surface area contributed by atoms with Gasteiger partial charge in [-0.1, -0.05) is 0 Å². The van der Waals surface area contributed by atoms with Crippen molar-refractivity contribution in [3.8, 4) is 0 Å². The molecule has 1 amide bonds. The van der Waals surface area contributed by atoms with Crippen LogP contribution < -0.4 is 0 Å². The highest BCUT2D eigenvalue weighted by Crippen LogP contribution is 2.22. The van der Waals surface area contributed by atoms with Crippen LogP contribution in [0.1, 0.15) is 24.4 Å². The molecule has 1 atom stereocenters. The number of aliphatic carboxylic acids is 1. The first kappa shape index (κ1) is 10.7. The van der Waals surface area contributed by atoms with Crippen molar-refractivity contribution in [3.05, 3.63) is 23.7 Å². The Bertz CT molecular complexity index is 423. The molecule has 5 nitrogen and oxygen atoms in total. The van der Waals surface area contributed by atoms with Crippen LogP contribution >= 0.6 is 0 Å². The third kappa shape index (κ3) is 1.93. The second-order valence-corrected chi connectivity index (χ2v) is 3.93. The third-order valence-corrected chi connectivity index (χ3v) is 2.74. The summed E-state index contributed by atoms with van der Waals surface area (Å²) in [5.74, 6) is 0.308. The lowest BCUT2D eigenvalue weighted by Crippen LogP contribution is -2.37. The molecule has 0 bridgehead atoms. The Balaban J connectivity index is 2.12. The van der Waals surface area contributed by atoms with E-state index in [-0.39, 0.29) is 12.5 Å². The van der Waals surface area contributed by atoms with Gasteiger partial charge in [0.2, 0.25) is 5.91 Å². The van der Waals surface area contributed by atoms with E-state index in [0.717, 1.165) is 5.76 Å². The van der Waals surface area contributed by atoms with Crippen molar-refractivity contribution in [1.82, 2.24) is 4.90 Å². The van der Waals surface area contributed by atoms with Gasteiger partial charge < -0.3 is 14.4 Å². The molecule has 2 rings (SSSR count). The number of likely N-dealkylation sites (tertiary alicyclic amines) is 1. The summed E-state index contributed by atoms with van der Waals surface area (Å²) in [6.45, 7) is 2.05. The predicted octanol–water partition coefficient (Wildman–Crippen LogP) is 1.16. The Labute approximate surface area is 92.7 Å². The van der Waals surface area contributed by atoms with E-state index in [0.29, 0.717) is 18.6 Å². The first-order valence-electron chi connectivity index (χ1n) is 5.15. The molecular formula is C11H13NO4.